The summed E-state index contributed by atoms with van der Waals surface area (Å²) in [6.45, 7) is 2.90. The van der Waals surface area contributed by atoms with Gasteiger partial charge in [0.05, 0.1) is 0 Å². The van der Waals surface area contributed by atoms with Crippen LogP contribution in [-0.4, -0.2) is 10.8 Å². The summed E-state index contributed by atoms with van der Waals surface area (Å²) in [7, 11) is 0. The van der Waals surface area contributed by atoms with Crippen molar-refractivity contribution in [3.05, 3.63) is 29.3 Å². The van der Waals surface area contributed by atoms with E-state index in [4.69, 9.17) is 0 Å². The standard InChI is InChI=1S/C8H8FNO/c1-5-3-4-10-8(6(2)11)7(5)9/h3-4H,1-2H3. The normalized spacial score (nSPS) is 9.73. The van der Waals surface area contributed by atoms with Crippen LogP contribution in [0.4, 0.5) is 4.39 Å². The van der Waals surface area contributed by atoms with Gasteiger partial charge in [0.15, 0.2) is 11.6 Å². The Hall–Kier alpha value is -1.25. The molecule has 0 saturated carbocycles. The molecule has 0 aromatic carbocycles. The topological polar surface area (TPSA) is 30.0 Å². The number of Topliss-reactive ketones (excluding diaryl/α,β-unsaturated/α-hetero) is 1. The Morgan fingerprint density at radius 3 is 2.73 bits per heavy atom. The maximum absolute atomic E-state index is 13.0. The summed E-state index contributed by atoms with van der Waals surface area (Å²) in [6.07, 6.45) is 1.43. The van der Waals surface area contributed by atoms with Crippen molar-refractivity contribution in [1.29, 1.82) is 0 Å². The van der Waals surface area contributed by atoms with E-state index in [2.05, 4.69) is 4.98 Å². The van der Waals surface area contributed by atoms with E-state index in [0.717, 1.165) is 0 Å². The van der Waals surface area contributed by atoms with Crippen molar-refractivity contribution in [3.63, 3.8) is 0 Å². The zero-order valence-corrected chi connectivity index (χ0v) is 6.39. The number of ketones is 1. The Labute approximate surface area is 64.1 Å². The Balaban J connectivity index is 3.27. The Bertz CT molecular complexity index is 296. The number of nitrogens with zero attached hydrogens (tertiary/aromatic N) is 1. The van der Waals surface area contributed by atoms with Crippen LogP contribution in [0.5, 0.6) is 0 Å². The van der Waals surface area contributed by atoms with E-state index in [0.29, 0.717) is 5.56 Å². The van der Waals surface area contributed by atoms with E-state index < -0.39 is 5.82 Å². The monoisotopic (exact) mass is 153 g/mol. The van der Waals surface area contributed by atoms with Crippen LogP contribution in [0.15, 0.2) is 12.3 Å². The van der Waals surface area contributed by atoms with E-state index >= 15 is 0 Å². The molecule has 2 nitrogen and oxygen atoms in total. The maximum atomic E-state index is 13.0. The molecule has 1 heterocycles. The van der Waals surface area contributed by atoms with Gasteiger partial charge in [-0.15, -0.1) is 0 Å². The number of aryl methyl sites for hydroxylation is 1. The van der Waals surface area contributed by atoms with Gasteiger partial charge in [-0.1, -0.05) is 0 Å². The molecule has 0 atom stereocenters. The molecule has 0 N–H and O–H groups in total. The van der Waals surface area contributed by atoms with Crippen LogP contribution in [0.1, 0.15) is 23.0 Å². The summed E-state index contributed by atoms with van der Waals surface area (Å²) in [5.41, 5.74) is 0.371. The second kappa shape index (κ2) is 2.78. The number of rotatable bonds is 1. The first-order valence-corrected chi connectivity index (χ1v) is 3.25. The second-order valence-corrected chi connectivity index (χ2v) is 2.35. The first-order chi connectivity index (χ1) is 5.13. The molecule has 0 fully saturated rings. The average molecular weight is 153 g/mol. The second-order valence-electron chi connectivity index (χ2n) is 2.35. The molecule has 0 radical (unpaired) electrons. The molecule has 58 valence electrons. The molecule has 1 aromatic rings. The van der Waals surface area contributed by atoms with Gasteiger partial charge in [-0.25, -0.2) is 4.39 Å². The number of halogens is 1. The van der Waals surface area contributed by atoms with Crippen LogP contribution in [-0.2, 0) is 0 Å². The minimum atomic E-state index is -0.514. The van der Waals surface area contributed by atoms with Gasteiger partial charge in [0.1, 0.15) is 5.69 Å². The summed E-state index contributed by atoms with van der Waals surface area (Å²) in [5, 5.41) is 0. The zero-order valence-electron chi connectivity index (χ0n) is 6.39. The van der Waals surface area contributed by atoms with Crippen LogP contribution in [0.3, 0.4) is 0 Å². The highest BCUT2D eigenvalue weighted by molar-refractivity contribution is 5.92. The van der Waals surface area contributed by atoms with Crippen molar-refractivity contribution in [3.8, 4) is 0 Å². The van der Waals surface area contributed by atoms with E-state index in [1.807, 2.05) is 0 Å². The van der Waals surface area contributed by atoms with Gasteiger partial charge in [0.25, 0.3) is 0 Å². The fourth-order valence-electron chi connectivity index (χ4n) is 0.786. The maximum Gasteiger partial charge on any atom is 0.181 e. The third kappa shape index (κ3) is 1.42. The summed E-state index contributed by atoms with van der Waals surface area (Å²) in [5.74, 6) is -0.855. The largest absolute Gasteiger partial charge is 0.293 e. The molecule has 0 aliphatic carbocycles. The molecule has 0 aliphatic rings. The van der Waals surface area contributed by atoms with Gasteiger partial charge in [-0.2, -0.15) is 0 Å². The van der Waals surface area contributed by atoms with E-state index in [9.17, 15) is 9.18 Å². The lowest BCUT2D eigenvalue weighted by Crippen LogP contribution is -2.02. The number of hydrogen-bond acceptors (Lipinski definition) is 2. The minimum absolute atomic E-state index is 0.0787. The highest BCUT2D eigenvalue weighted by Crippen LogP contribution is 2.08. The Morgan fingerprint density at radius 1 is 1.64 bits per heavy atom. The predicted molar refractivity (Wildman–Crippen MR) is 38.9 cm³/mol. The molecular formula is C8H8FNO. The van der Waals surface area contributed by atoms with Gasteiger partial charge in [-0.05, 0) is 18.6 Å². The number of aromatic nitrogens is 1. The lowest BCUT2D eigenvalue weighted by molar-refractivity contribution is 0.100. The van der Waals surface area contributed by atoms with Crippen LogP contribution in [0, 0.1) is 12.7 Å². The minimum Gasteiger partial charge on any atom is -0.293 e. The lowest BCUT2D eigenvalue weighted by Gasteiger charge is -1.98. The molecule has 1 rings (SSSR count). The number of pyridine rings is 1. The molecular weight excluding hydrogens is 145 g/mol. The smallest absolute Gasteiger partial charge is 0.181 e. The van der Waals surface area contributed by atoms with Crippen LogP contribution >= 0.6 is 0 Å². The van der Waals surface area contributed by atoms with Crippen LogP contribution < -0.4 is 0 Å². The van der Waals surface area contributed by atoms with E-state index in [1.165, 1.54) is 19.2 Å². The highest BCUT2D eigenvalue weighted by atomic mass is 19.1. The summed E-state index contributed by atoms with van der Waals surface area (Å²) >= 11 is 0. The highest BCUT2D eigenvalue weighted by Gasteiger charge is 2.09. The number of carbonyl (C=O) groups excluding carboxylic acids is 1. The Morgan fingerprint density at radius 2 is 2.27 bits per heavy atom. The van der Waals surface area contributed by atoms with Gasteiger partial charge >= 0.3 is 0 Å². The molecule has 0 bridgehead atoms. The van der Waals surface area contributed by atoms with Crippen molar-refractivity contribution in [2.24, 2.45) is 0 Å². The molecule has 1 aromatic heterocycles. The lowest BCUT2D eigenvalue weighted by atomic mass is 10.2. The SMILES string of the molecule is CC(=O)c1nccc(C)c1F. The number of carbonyl (C=O) groups is 1. The molecule has 0 spiro atoms. The molecule has 11 heavy (non-hydrogen) atoms. The predicted octanol–water partition coefficient (Wildman–Crippen LogP) is 1.73. The molecule has 0 amide bonds. The van der Waals surface area contributed by atoms with Gasteiger partial charge in [0, 0.05) is 13.1 Å². The van der Waals surface area contributed by atoms with Crippen molar-refractivity contribution in [1.82, 2.24) is 4.98 Å². The van der Waals surface area contributed by atoms with Crippen LogP contribution in [0.25, 0.3) is 0 Å². The fraction of sp³-hybridized carbons (Fsp3) is 0.250. The van der Waals surface area contributed by atoms with Crippen LogP contribution in [0.2, 0.25) is 0 Å². The zero-order chi connectivity index (χ0) is 8.43. The quantitative estimate of drug-likeness (QED) is 0.575. The molecule has 3 heteroatoms. The summed E-state index contributed by atoms with van der Waals surface area (Å²) in [4.78, 5) is 14.3. The molecule has 0 saturated heterocycles. The fourth-order valence-corrected chi connectivity index (χ4v) is 0.786. The van der Waals surface area contributed by atoms with Gasteiger partial charge < -0.3 is 0 Å². The summed E-state index contributed by atoms with van der Waals surface area (Å²) < 4.78 is 13.0. The van der Waals surface area contributed by atoms with E-state index in [-0.39, 0.29) is 11.5 Å². The molecule has 0 aliphatic heterocycles. The van der Waals surface area contributed by atoms with Crippen molar-refractivity contribution < 1.29 is 9.18 Å². The Kier molecular flexibility index (Phi) is 1.98. The third-order valence-electron chi connectivity index (χ3n) is 1.42. The van der Waals surface area contributed by atoms with E-state index in [1.54, 1.807) is 6.92 Å². The number of hydrogen-bond donors (Lipinski definition) is 0. The average Bonchev–Trinajstić information content (AvgIpc) is 1.94. The third-order valence-corrected chi connectivity index (χ3v) is 1.42. The van der Waals surface area contributed by atoms with Crippen molar-refractivity contribution in [2.75, 3.05) is 0 Å². The molecule has 0 unspecified atom stereocenters. The first-order valence-electron chi connectivity index (χ1n) is 3.25. The van der Waals surface area contributed by atoms with Gasteiger partial charge in [-0.3, -0.25) is 9.78 Å². The first kappa shape index (κ1) is 7.85. The van der Waals surface area contributed by atoms with Crippen molar-refractivity contribution >= 4 is 5.78 Å². The van der Waals surface area contributed by atoms with Gasteiger partial charge in [0.2, 0.25) is 0 Å². The van der Waals surface area contributed by atoms with Crippen molar-refractivity contribution in [2.45, 2.75) is 13.8 Å². The summed E-state index contributed by atoms with van der Waals surface area (Å²) in [6, 6.07) is 1.53.